The molecule has 10 nitrogen and oxygen atoms in total. The monoisotopic (exact) mass is 697 g/mol. The van der Waals surface area contributed by atoms with Crippen molar-refractivity contribution in [2.24, 2.45) is 23.7 Å². The molecule has 4 aliphatic heterocycles. The smallest absolute Gasteiger partial charge is 0.225 e. The molecule has 0 unspecified atom stereocenters. The molecule has 1 N–H and O–H groups in total. The SMILES string of the molecule is C.C.CC(C)C(=O)N1CCCCC1.CC(C)C(=O)N1CCCCC1.CC(C)C(=O)N1CCN(C)CC1.CC(C)C(=O)NC1CCN(C)CC1. The second-order valence-corrected chi connectivity index (χ2v) is 15.1. The lowest BCUT2D eigenvalue weighted by molar-refractivity contribution is -0.136. The van der Waals surface area contributed by atoms with Gasteiger partial charge in [-0.15, -0.1) is 0 Å². The molecule has 4 rings (SSSR count). The third-order valence-corrected chi connectivity index (χ3v) is 9.22. The van der Waals surface area contributed by atoms with Crippen LogP contribution < -0.4 is 5.32 Å². The van der Waals surface area contributed by atoms with Gasteiger partial charge in [0.05, 0.1) is 0 Å². The van der Waals surface area contributed by atoms with E-state index in [0.29, 0.717) is 23.8 Å². The topological polar surface area (TPSA) is 96.5 Å². The first-order chi connectivity index (χ1) is 22.1. The molecule has 0 aliphatic carbocycles. The van der Waals surface area contributed by atoms with Crippen LogP contribution in [-0.4, -0.2) is 134 Å². The van der Waals surface area contributed by atoms with E-state index in [1.165, 1.54) is 38.5 Å². The molecule has 0 aromatic carbocycles. The molecule has 4 amide bonds. The zero-order valence-electron chi connectivity index (χ0n) is 32.0. The maximum atomic E-state index is 11.5. The number of nitrogens with zero attached hydrogens (tertiary/aromatic N) is 5. The third kappa shape index (κ3) is 20.3. The summed E-state index contributed by atoms with van der Waals surface area (Å²) in [5.74, 6) is 1.74. The molecule has 4 saturated heterocycles. The minimum Gasteiger partial charge on any atom is -0.353 e. The second kappa shape index (κ2) is 26.6. The maximum Gasteiger partial charge on any atom is 0.225 e. The fourth-order valence-electron chi connectivity index (χ4n) is 5.87. The number of amides is 4. The van der Waals surface area contributed by atoms with Crippen LogP contribution in [0.1, 0.15) is 122 Å². The molecule has 0 bridgehead atoms. The fourth-order valence-corrected chi connectivity index (χ4v) is 5.87. The number of likely N-dealkylation sites (N-methyl/N-ethyl adjacent to an activating group) is 1. The molecule has 0 spiro atoms. The molecule has 0 radical (unpaired) electrons. The number of likely N-dealkylation sites (tertiary alicyclic amines) is 3. The molecule has 0 aromatic rings. The van der Waals surface area contributed by atoms with E-state index in [-0.39, 0.29) is 44.4 Å². The van der Waals surface area contributed by atoms with Gasteiger partial charge in [-0.2, -0.15) is 0 Å². The third-order valence-electron chi connectivity index (χ3n) is 9.22. The Morgan fingerprint density at radius 2 is 0.755 bits per heavy atom. The lowest BCUT2D eigenvalue weighted by Gasteiger charge is -2.33. The van der Waals surface area contributed by atoms with Gasteiger partial charge in [0, 0.05) is 82.1 Å². The van der Waals surface area contributed by atoms with Crippen LogP contribution in [0.25, 0.3) is 0 Å². The van der Waals surface area contributed by atoms with Crippen LogP contribution in [0.5, 0.6) is 0 Å². The summed E-state index contributed by atoms with van der Waals surface area (Å²) in [5.41, 5.74) is 0. The summed E-state index contributed by atoms with van der Waals surface area (Å²) in [7, 11) is 4.22. The Morgan fingerprint density at radius 1 is 0.449 bits per heavy atom. The number of carbonyl (C=O) groups excluding carboxylic acids is 4. The highest BCUT2D eigenvalue weighted by atomic mass is 16.2. The van der Waals surface area contributed by atoms with Crippen LogP contribution in [0.15, 0.2) is 0 Å². The van der Waals surface area contributed by atoms with Crippen molar-refractivity contribution in [3.05, 3.63) is 0 Å². The van der Waals surface area contributed by atoms with Crippen LogP contribution in [0.2, 0.25) is 0 Å². The molecule has 290 valence electrons. The van der Waals surface area contributed by atoms with Crippen molar-refractivity contribution in [1.82, 2.24) is 29.8 Å². The van der Waals surface area contributed by atoms with E-state index < -0.39 is 0 Å². The van der Waals surface area contributed by atoms with Crippen LogP contribution in [0.3, 0.4) is 0 Å². The zero-order chi connectivity index (χ0) is 35.5. The lowest BCUT2D eigenvalue weighted by Crippen LogP contribution is -2.48. The number of piperazine rings is 1. The molecular formula is C39H80N6O4. The summed E-state index contributed by atoms with van der Waals surface area (Å²) in [4.78, 5) is 56.2. The first kappa shape index (κ1) is 48.9. The number of hydrogen-bond acceptors (Lipinski definition) is 6. The van der Waals surface area contributed by atoms with Crippen molar-refractivity contribution in [2.45, 2.75) is 128 Å². The largest absolute Gasteiger partial charge is 0.353 e. The summed E-state index contributed by atoms with van der Waals surface area (Å²) < 4.78 is 0. The molecule has 4 fully saturated rings. The van der Waals surface area contributed by atoms with Gasteiger partial charge in [-0.05, 0) is 78.6 Å². The minimum absolute atomic E-state index is 0. The highest BCUT2D eigenvalue weighted by Gasteiger charge is 2.22. The van der Waals surface area contributed by atoms with Crippen LogP contribution in [0.4, 0.5) is 0 Å². The van der Waals surface area contributed by atoms with Crippen LogP contribution in [-0.2, 0) is 19.2 Å². The Kier molecular flexibility index (Phi) is 26.5. The van der Waals surface area contributed by atoms with Crippen LogP contribution >= 0.6 is 0 Å². The quantitative estimate of drug-likeness (QED) is 0.388. The Bertz CT molecular complexity index is 863. The summed E-state index contributed by atoms with van der Waals surface area (Å²) in [5, 5.41) is 3.07. The minimum atomic E-state index is 0. The Morgan fingerprint density at radius 3 is 1.06 bits per heavy atom. The molecule has 4 aliphatic rings. The fraction of sp³-hybridized carbons (Fsp3) is 0.897. The van der Waals surface area contributed by atoms with Gasteiger partial charge in [-0.25, -0.2) is 0 Å². The predicted molar refractivity (Wildman–Crippen MR) is 206 cm³/mol. The van der Waals surface area contributed by atoms with Gasteiger partial charge in [-0.3, -0.25) is 19.2 Å². The summed E-state index contributed by atoms with van der Waals surface area (Å²) in [6.07, 6.45) is 9.54. The highest BCUT2D eigenvalue weighted by Crippen LogP contribution is 2.13. The standard InChI is InChI=1S/C10H20N2O.C9H18N2O.2C9H17NO.2CH4/c1-8(2)10(13)11-9-4-6-12(3)7-5-9;1-8(2)9(12)11-6-4-10(3)5-7-11;2*1-8(2)9(11)10-6-4-3-5-7-10;;/h8-9H,4-7H2,1-3H3,(H,11,13);8H,4-7H2,1-3H3;2*8H,3-7H2,1-2H3;2*1H4. The zero-order valence-corrected chi connectivity index (χ0v) is 32.0. The number of rotatable bonds is 5. The van der Waals surface area contributed by atoms with Gasteiger partial charge in [0.25, 0.3) is 0 Å². The predicted octanol–water partition coefficient (Wildman–Crippen LogP) is 5.85. The van der Waals surface area contributed by atoms with Crippen molar-refractivity contribution in [3.63, 3.8) is 0 Å². The Labute approximate surface area is 303 Å². The van der Waals surface area contributed by atoms with Gasteiger partial charge in [0.1, 0.15) is 0 Å². The van der Waals surface area contributed by atoms with Crippen molar-refractivity contribution in [1.29, 1.82) is 0 Å². The van der Waals surface area contributed by atoms with Crippen LogP contribution in [0, 0.1) is 23.7 Å². The molecule has 10 heteroatoms. The van der Waals surface area contributed by atoms with E-state index in [9.17, 15) is 19.2 Å². The number of hydrogen-bond donors (Lipinski definition) is 1. The van der Waals surface area contributed by atoms with E-state index in [1.807, 2.05) is 70.1 Å². The van der Waals surface area contributed by atoms with Crippen molar-refractivity contribution in [2.75, 3.05) is 79.5 Å². The molecule has 0 atom stereocenters. The Hall–Kier alpha value is -2.20. The summed E-state index contributed by atoms with van der Waals surface area (Å²) in [6.45, 7) is 25.6. The Balaban J connectivity index is 0. The van der Waals surface area contributed by atoms with E-state index >= 15 is 0 Å². The van der Waals surface area contributed by atoms with Crippen molar-refractivity contribution in [3.8, 4) is 0 Å². The van der Waals surface area contributed by atoms with Gasteiger partial charge in [0.15, 0.2) is 0 Å². The molecule has 49 heavy (non-hydrogen) atoms. The van der Waals surface area contributed by atoms with Gasteiger partial charge in [0.2, 0.25) is 23.6 Å². The number of carbonyl (C=O) groups is 4. The average Bonchev–Trinajstić information content (AvgIpc) is 3.06. The molecule has 0 aromatic heterocycles. The lowest BCUT2D eigenvalue weighted by atomic mass is 10.0. The highest BCUT2D eigenvalue weighted by molar-refractivity contribution is 5.79. The van der Waals surface area contributed by atoms with Gasteiger partial charge >= 0.3 is 0 Å². The summed E-state index contributed by atoms with van der Waals surface area (Å²) in [6, 6.07) is 0.408. The first-order valence-corrected chi connectivity index (χ1v) is 18.7. The first-order valence-electron chi connectivity index (χ1n) is 18.7. The second-order valence-electron chi connectivity index (χ2n) is 15.1. The molecule has 0 saturated carbocycles. The van der Waals surface area contributed by atoms with Gasteiger partial charge < -0.3 is 29.8 Å². The maximum absolute atomic E-state index is 11.5. The number of nitrogens with one attached hydrogen (secondary N) is 1. The van der Waals surface area contributed by atoms with E-state index in [0.717, 1.165) is 78.3 Å². The van der Waals surface area contributed by atoms with Gasteiger partial charge in [-0.1, -0.05) is 70.2 Å². The van der Waals surface area contributed by atoms with E-state index in [4.69, 9.17) is 0 Å². The molecular weight excluding hydrogens is 616 g/mol. The van der Waals surface area contributed by atoms with Crippen molar-refractivity contribution >= 4 is 23.6 Å². The summed E-state index contributed by atoms with van der Waals surface area (Å²) >= 11 is 0. The van der Waals surface area contributed by atoms with Crippen molar-refractivity contribution < 1.29 is 19.2 Å². The average molecular weight is 697 g/mol. The van der Waals surface area contributed by atoms with E-state index in [1.54, 1.807) is 0 Å². The normalized spacial score (nSPS) is 18.9. The van der Waals surface area contributed by atoms with E-state index in [2.05, 4.69) is 29.2 Å². The molecule has 4 heterocycles. The number of piperidine rings is 3.